The Labute approximate surface area is 138 Å². The molecule has 0 amide bonds. The molecule has 8 heteroatoms. The molecule has 0 unspecified atom stereocenters. The maximum atomic E-state index is 12.9. The number of rotatable bonds is 5. The Bertz CT molecular complexity index is 800. The Hall–Kier alpha value is -2.22. The van der Waals surface area contributed by atoms with Crippen molar-refractivity contribution in [1.29, 1.82) is 0 Å². The average molecular weight is 359 g/mol. The second-order valence-corrected chi connectivity index (χ2v) is 6.97. The molecule has 24 heavy (non-hydrogen) atoms. The van der Waals surface area contributed by atoms with E-state index < -0.39 is 27.5 Å². The normalized spacial score (nSPS) is 12.2. The molecule has 2 aromatic carbocycles. The van der Waals surface area contributed by atoms with Crippen molar-refractivity contribution in [3.8, 4) is 5.75 Å². The van der Waals surface area contributed by atoms with Crippen molar-refractivity contribution in [2.45, 2.75) is 31.0 Å². The molecule has 0 fully saturated rings. The van der Waals surface area contributed by atoms with E-state index in [1.54, 1.807) is 0 Å². The first kappa shape index (κ1) is 18.1. The summed E-state index contributed by atoms with van der Waals surface area (Å²) < 4.78 is 70.8. The maximum Gasteiger partial charge on any atom is 0.418 e. The van der Waals surface area contributed by atoms with E-state index in [0.29, 0.717) is 5.75 Å². The van der Waals surface area contributed by atoms with Crippen LogP contribution in [0.2, 0.25) is 0 Å². The summed E-state index contributed by atoms with van der Waals surface area (Å²) in [6.45, 7) is 3.64. The van der Waals surface area contributed by atoms with E-state index in [9.17, 15) is 21.6 Å². The highest BCUT2D eigenvalue weighted by molar-refractivity contribution is 7.92. The number of nitrogens with one attached hydrogen (secondary N) is 1. The summed E-state index contributed by atoms with van der Waals surface area (Å²) in [5, 5.41) is 0. The lowest BCUT2D eigenvalue weighted by atomic mass is 10.2. The van der Waals surface area contributed by atoms with Crippen LogP contribution < -0.4 is 9.46 Å². The fourth-order valence-corrected chi connectivity index (χ4v) is 3.07. The molecule has 2 rings (SSSR count). The SMILES string of the molecule is CC(C)Oc1ccc(S(=O)(=O)Nc2ccccc2C(F)(F)F)cc1. The Kier molecular flexibility index (Phi) is 5.08. The zero-order valence-electron chi connectivity index (χ0n) is 13.0. The van der Waals surface area contributed by atoms with Crippen LogP contribution in [0.25, 0.3) is 0 Å². The molecule has 0 spiro atoms. The van der Waals surface area contributed by atoms with Crippen LogP contribution in [0.1, 0.15) is 19.4 Å². The van der Waals surface area contributed by atoms with Crippen molar-refractivity contribution < 1.29 is 26.3 Å². The molecule has 0 saturated carbocycles. The number of hydrogen-bond donors (Lipinski definition) is 1. The van der Waals surface area contributed by atoms with Crippen LogP contribution in [0.5, 0.6) is 5.75 Å². The van der Waals surface area contributed by atoms with Crippen LogP contribution >= 0.6 is 0 Å². The van der Waals surface area contributed by atoms with E-state index >= 15 is 0 Å². The quantitative estimate of drug-likeness (QED) is 0.866. The third kappa shape index (κ3) is 4.41. The Morgan fingerprint density at radius 3 is 2.12 bits per heavy atom. The summed E-state index contributed by atoms with van der Waals surface area (Å²) in [7, 11) is -4.15. The molecular weight excluding hydrogens is 343 g/mol. The summed E-state index contributed by atoms with van der Waals surface area (Å²) in [5.74, 6) is 0.472. The first-order valence-corrected chi connectivity index (χ1v) is 8.53. The summed E-state index contributed by atoms with van der Waals surface area (Å²) in [4.78, 5) is -0.157. The van der Waals surface area contributed by atoms with Crippen molar-refractivity contribution in [2.75, 3.05) is 4.72 Å². The second-order valence-electron chi connectivity index (χ2n) is 5.29. The number of halogens is 3. The predicted molar refractivity (Wildman–Crippen MR) is 84.5 cm³/mol. The van der Waals surface area contributed by atoms with Gasteiger partial charge >= 0.3 is 6.18 Å². The fraction of sp³-hybridized carbons (Fsp3) is 0.250. The topological polar surface area (TPSA) is 55.4 Å². The number of benzene rings is 2. The van der Waals surface area contributed by atoms with E-state index in [0.717, 1.165) is 12.1 Å². The number of ether oxygens (including phenoxy) is 1. The van der Waals surface area contributed by atoms with Crippen molar-refractivity contribution in [3.05, 3.63) is 54.1 Å². The second kappa shape index (κ2) is 6.72. The van der Waals surface area contributed by atoms with Crippen LogP contribution in [0.4, 0.5) is 18.9 Å². The van der Waals surface area contributed by atoms with Gasteiger partial charge in [-0.25, -0.2) is 8.42 Å². The highest BCUT2D eigenvalue weighted by Gasteiger charge is 2.34. The Morgan fingerprint density at radius 1 is 1.00 bits per heavy atom. The van der Waals surface area contributed by atoms with Crippen molar-refractivity contribution >= 4 is 15.7 Å². The number of hydrogen-bond acceptors (Lipinski definition) is 3. The molecular formula is C16H16F3NO3S. The molecule has 0 radical (unpaired) electrons. The summed E-state index contributed by atoms with van der Waals surface area (Å²) >= 11 is 0. The van der Waals surface area contributed by atoms with Crippen molar-refractivity contribution in [2.24, 2.45) is 0 Å². The largest absolute Gasteiger partial charge is 0.491 e. The lowest BCUT2D eigenvalue weighted by Gasteiger charge is -2.15. The zero-order valence-corrected chi connectivity index (χ0v) is 13.8. The smallest absolute Gasteiger partial charge is 0.418 e. The van der Waals surface area contributed by atoms with E-state index in [-0.39, 0.29) is 11.0 Å². The van der Waals surface area contributed by atoms with Gasteiger partial charge in [-0.3, -0.25) is 4.72 Å². The van der Waals surface area contributed by atoms with Crippen molar-refractivity contribution in [1.82, 2.24) is 0 Å². The average Bonchev–Trinajstić information content (AvgIpc) is 2.46. The first-order chi connectivity index (χ1) is 11.1. The molecule has 0 aromatic heterocycles. The van der Waals surface area contributed by atoms with Crippen LogP contribution in [-0.2, 0) is 16.2 Å². The van der Waals surface area contributed by atoms with E-state index in [4.69, 9.17) is 4.74 Å². The lowest BCUT2D eigenvalue weighted by molar-refractivity contribution is -0.136. The van der Waals surface area contributed by atoms with Gasteiger partial charge in [-0.2, -0.15) is 13.2 Å². The molecule has 1 N–H and O–H groups in total. The van der Waals surface area contributed by atoms with Gasteiger partial charge in [0.2, 0.25) is 0 Å². The number of para-hydroxylation sites is 1. The number of sulfonamides is 1. The summed E-state index contributed by atoms with van der Waals surface area (Å²) in [6.07, 6.45) is -4.74. The van der Waals surface area contributed by atoms with Gasteiger partial charge in [-0.05, 0) is 50.2 Å². The minimum Gasteiger partial charge on any atom is -0.491 e. The molecule has 2 aromatic rings. The molecule has 0 aliphatic rings. The third-order valence-electron chi connectivity index (χ3n) is 2.98. The van der Waals surface area contributed by atoms with Gasteiger partial charge in [0.25, 0.3) is 10.0 Å². The first-order valence-electron chi connectivity index (χ1n) is 7.05. The molecule has 0 bridgehead atoms. The van der Waals surface area contributed by atoms with Gasteiger partial charge in [-0.1, -0.05) is 12.1 Å². The van der Waals surface area contributed by atoms with Gasteiger partial charge in [0, 0.05) is 0 Å². The number of anilines is 1. The lowest BCUT2D eigenvalue weighted by Crippen LogP contribution is -2.17. The Balaban J connectivity index is 2.30. The van der Waals surface area contributed by atoms with Gasteiger partial charge in [0.05, 0.1) is 22.3 Å². The summed E-state index contributed by atoms with van der Waals surface area (Å²) in [5.41, 5.74) is -1.57. The van der Waals surface area contributed by atoms with Crippen LogP contribution in [-0.4, -0.2) is 14.5 Å². The fourth-order valence-electron chi connectivity index (χ4n) is 1.99. The van der Waals surface area contributed by atoms with Gasteiger partial charge < -0.3 is 4.74 Å². The van der Waals surface area contributed by atoms with Gasteiger partial charge in [0.15, 0.2) is 0 Å². The van der Waals surface area contributed by atoms with E-state index in [2.05, 4.69) is 0 Å². The van der Waals surface area contributed by atoms with Crippen LogP contribution in [0.15, 0.2) is 53.4 Å². The zero-order chi connectivity index (χ0) is 18.0. The monoisotopic (exact) mass is 359 g/mol. The minimum absolute atomic E-state index is 0.0794. The molecule has 0 atom stereocenters. The third-order valence-corrected chi connectivity index (χ3v) is 4.36. The maximum absolute atomic E-state index is 12.9. The summed E-state index contributed by atoms with van der Waals surface area (Å²) in [6, 6.07) is 9.85. The molecule has 130 valence electrons. The van der Waals surface area contributed by atoms with E-state index in [1.165, 1.54) is 36.4 Å². The van der Waals surface area contributed by atoms with Gasteiger partial charge in [0.1, 0.15) is 5.75 Å². The Morgan fingerprint density at radius 2 is 1.58 bits per heavy atom. The predicted octanol–water partition coefficient (Wildman–Crippen LogP) is 4.29. The van der Waals surface area contributed by atoms with E-state index in [1.807, 2.05) is 18.6 Å². The standard InChI is InChI=1S/C16H16F3NO3S/c1-11(2)23-12-7-9-13(10-8-12)24(21,22)20-15-6-4-3-5-14(15)16(17,18)19/h3-11,20H,1-2H3. The molecule has 0 aliphatic heterocycles. The molecule has 0 heterocycles. The number of alkyl halides is 3. The van der Waals surface area contributed by atoms with Crippen LogP contribution in [0, 0.1) is 0 Å². The van der Waals surface area contributed by atoms with Gasteiger partial charge in [-0.15, -0.1) is 0 Å². The highest BCUT2D eigenvalue weighted by atomic mass is 32.2. The highest BCUT2D eigenvalue weighted by Crippen LogP contribution is 2.35. The van der Waals surface area contributed by atoms with Crippen molar-refractivity contribution in [3.63, 3.8) is 0 Å². The molecule has 0 saturated heterocycles. The minimum atomic E-state index is -4.66. The molecule has 0 aliphatic carbocycles. The van der Waals surface area contributed by atoms with Crippen LogP contribution in [0.3, 0.4) is 0 Å². The molecule has 4 nitrogen and oxygen atoms in total.